The van der Waals surface area contributed by atoms with Crippen molar-refractivity contribution in [2.24, 2.45) is 0 Å². The number of carbonyl (C=O) groups is 2. The Hall–Kier alpha value is -1.30. The highest BCUT2D eigenvalue weighted by atomic mass is 16.5. The molecule has 17 heavy (non-hydrogen) atoms. The van der Waals surface area contributed by atoms with Crippen molar-refractivity contribution in [3.05, 3.63) is 0 Å². The lowest BCUT2D eigenvalue weighted by Gasteiger charge is -2.26. The van der Waals surface area contributed by atoms with Gasteiger partial charge in [0.05, 0.1) is 6.61 Å². The number of aliphatic carboxylic acids is 1. The number of urea groups is 1. The average molecular weight is 246 g/mol. The Kier molecular flexibility index (Phi) is 8.13. The third-order valence-electron chi connectivity index (χ3n) is 2.19. The van der Waals surface area contributed by atoms with Crippen molar-refractivity contribution in [1.29, 1.82) is 0 Å². The first kappa shape index (κ1) is 15.7. The van der Waals surface area contributed by atoms with E-state index in [0.717, 1.165) is 6.42 Å². The summed E-state index contributed by atoms with van der Waals surface area (Å²) in [6, 6.07) is -0.269. The van der Waals surface area contributed by atoms with Crippen molar-refractivity contribution >= 4 is 12.0 Å². The number of likely N-dealkylation sites (N-methyl/N-ethyl adjacent to an activating group) is 1. The molecule has 0 aromatic carbocycles. The number of carboxylic acids is 1. The zero-order valence-corrected chi connectivity index (χ0v) is 10.8. The number of hydrogen-bond acceptors (Lipinski definition) is 3. The van der Waals surface area contributed by atoms with E-state index in [2.05, 4.69) is 0 Å². The van der Waals surface area contributed by atoms with Crippen LogP contribution >= 0.6 is 0 Å². The van der Waals surface area contributed by atoms with E-state index >= 15 is 0 Å². The van der Waals surface area contributed by atoms with E-state index < -0.39 is 5.97 Å². The van der Waals surface area contributed by atoms with E-state index in [-0.39, 0.29) is 12.6 Å². The third kappa shape index (κ3) is 6.78. The molecule has 0 saturated carbocycles. The highest BCUT2D eigenvalue weighted by Gasteiger charge is 2.19. The van der Waals surface area contributed by atoms with E-state index in [4.69, 9.17) is 9.84 Å². The molecule has 0 aromatic rings. The molecule has 0 bridgehead atoms. The Balaban J connectivity index is 4.22. The normalized spacial score (nSPS) is 10.1. The molecule has 0 atom stereocenters. The van der Waals surface area contributed by atoms with Crippen molar-refractivity contribution in [2.75, 3.05) is 39.9 Å². The molecule has 0 radical (unpaired) electrons. The number of nitrogens with zero attached hydrogens (tertiary/aromatic N) is 2. The fourth-order valence-corrected chi connectivity index (χ4v) is 1.36. The summed E-state index contributed by atoms with van der Waals surface area (Å²) in [5, 5.41) is 8.72. The van der Waals surface area contributed by atoms with Gasteiger partial charge in [0.1, 0.15) is 6.54 Å². The van der Waals surface area contributed by atoms with Gasteiger partial charge < -0.3 is 19.6 Å². The largest absolute Gasteiger partial charge is 0.480 e. The van der Waals surface area contributed by atoms with Gasteiger partial charge in [0.2, 0.25) is 0 Å². The van der Waals surface area contributed by atoms with E-state index in [1.807, 2.05) is 13.8 Å². The second-order valence-electron chi connectivity index (χ2n) is 3.72. The van der Waals surface area contributed by atoms with Crippen molar-refractivity contribution < 1.29 is 19.4 Å². The smallest absolute Gasteiger partial charge is 0.323 e. The molecule has 100 valence electrons. The minimum Gasteiger partial charge on any atom is -0.480 e. The van der Waals surface area contributed by atoms with Gasteiger partial charge >= 0.3 is 12.0 Å². The number of carbonyl (C=O) groups excluding carboxylic acids is 1. The number of amides is 2. The maximum absolute atomic E-state index is 11.9. The van der Waals surface area contributed by atoms with Gasteiger partial charge in [-0.1, -0.05) is 6.92 Å². The van der Waals surface area contributed by atoms with Crippen LogP contribution in [0.2, 0.25) is 0 Å². The van der Waals surface area contributed by atoms with Gasteiger partial charge in [0.25, 0.3) is 0 Å². The van der Waals surface area contributed by atoms with Crippen LogP contribution in [0.4, 0.5) is 4.79 Å². The molecule has 0 fully saturated rings. The minimum atomic E-state index is -0.995. The Morgan fingerprint density at radius 1 is 1.24 bits per heavy atom. The van der Waals surface area contributed by atoms with Gasteiger partial charge in [-0.25, -0.2) is 4.79 Å². The molecule has 0 aliphatic carbocycles. The summed E-state index contributed by atoms with van der Waals surface area (Å²) in [5.74, 6) is -0.995. The van der Waals surface area contributed by atoms with Gasteiger partial charge in [-0.2, -0.15) is 0 Å². The zero-order valence-electron chi connectivity index (χ0n) is 10.8. The number of hydrogen-bond donors (Lipinski definition) is 1. The first-order chi connectivity index (χ1) is 8.02. The molecular weight excluding hydrogens is 224 g/mol. The first-order valence-electron chi connectivity index (χ1n) is 5.82. The van der Waals surface area contributed by atoms with Crippen molar-refractivity contribution in [2.45, 2.75) is 20.3 Å². The fraction of sp³-hybridized carbons (Fsp3) is 0.818. The Bertz CT molecular complexity index is 246. The number of rotatable bonds is 8. The molecule has 1 N–H and O–H groups in total. The summed E-state index contributed by atoms with van der Waals surface area (Å²) in [6.45, 7) is 5.52. The van der Waals surface area contributed by atoms with Crippen LogP contribution in [0, 0.1) is 0 Å². The van der Waals surface area contributed by atoms with Crippen molar-refractivity contribution in [1.82, 2.24) is 9.80 Å². The second kappa shape index (κ2) is 8.81. The molecule has 0 unspecified atom stereocenters. The van der Waals surface area contributed by atoms with Gasteiger partial charge in [-0.15, -0.1) is 0 Å². The van der Waals surface area contributed by atoms with E-state index in [0.29, 0.717) is 26.3 Å². The third-order valence-corrected chi connectivity index (χ3v) is 2.19. The minimum absolute atomic E-state index is 0.258. The molecule has 0 heterocycles. The molecule has 0 aliphatic heterocycles. The summed E-state index contributed by atoms with van der Waals surface area (Å²) in [6.07, 6.45) is 0.734. The standard InChI is InChI=1S/C11H22N2O4/c1-4-6-13(9-10(14)15)11(16)12(3)7-8-17-5-2/h4-9H2,1-3H3,(H,14,15). The van der Waals surface area contributed by atoms with Gasteiger partial charge in [-0.05, 0) is 13.3 Å². The second-order valence-corrected chi connectivity index (χ2v) is 3.72. The maximum atomic E-state index is 11.9. The molecule has 6 heteroatoms. The molecule has 0 aromatic heterocycles. The van der Waals surface area contributed by atoms with Crippen LogP contribution in [0.5, 0.6) is 0 Å². The monoisotopic (exact) mass is 246 g/mol. The summed E-state index contributed by atoms with van der Waals surface area (Å²) in [7, 11) is 1.64. The molecule has 6 nitrogen and oxygen atoms in total. The molecular formula is C11H22N2O4. The van der Waals surface area contributed by atoms with Gasteiger partial charge in [-0.3, -0.25) is 4.79 Å². The van der Waals surface area contributed by atoms with Crippen LogP contribution in [0.3, 0.4) is 0 Å². The summed E-state index contributed by atoms with van der Waals surface area (Å²) in [5.41, 5.74) is 0. The lowest BCUT2D eigenvalue weighted by atomic mass is 10.4. The summed E-state index contributed by atoms with van der Waals surface area (Å²) < 4.78 is 5.15. The highest BCUT2D eigenvalue weighted by Crippen LogP contribution is 1.99. The number of ether oxygens (including phenoxy) is 1. The molecule has 0 aliphatic rings. The van der Waals surface area contributed by atoms with E-state index in [1.54, 1.807) is 7.05 Å². The average Bonchev–Trinajstić information content (AvgIpc) is 2.27. The Morgan fingerprint density at radius 3 is 2.35 bits per heavy atom. The van der Waals surface area contributed by atoms with Crippen molar-refractivity contribution in [3.63, 3.8) is 0 Å². The Morgan fingerprint density at radius 2 is 1.88 bits per heavy atom. The maximum Gasteiger partial charge on any atom is 0.323 e. The molecule has 0 spiro atoms. The quantitative estimate of drug-likeness (QED) is 0.645. The molecule has 2 amide bonds. The van der Waals surface area contributed by atoms with Gasteiger partial charge in [0.15, 0.2) is 0 Å². The summed E-state index contributed by atoms with van der Waals surface area (Å²) in [4.78, 5) is 25.3. The fourth-order valence-electron chi connectivity index (χ4n) is 1.36. The zero-order chi connectivity index (χ0) is 13.3. The predicted octanol–water partition coefficient (Wildman–Crippen LogP) is 0.871. The van der Waals surface area contributed by atoms with Crippen LogP contribution in [0.25, 0.3) is 0 Å². The lowest BCUT2D eigenvalue weighted by Crippen LogP contribution is -2.45. The van der Waals surface area contributed by atoms with Crippen molar-refractivity contribution in [3.8, 4) is 0 Å². The van der Waals surface area contributed by atoms with E-state index in [9.17, 15) is 9.59 Å². The van der Waals surface area contributed by atoms with Crippen LogP contribution in [-0.2, 0) is 9.53 Å². The molecule has 0 rings (SSSR count). The number of carboxylic acid groups (broad SMARTS) is 1. The first-order valence-corrected chi connectivity index (χ1v) is 5.82. The summed E-state index contributed by atoms with van der Waals surface area (Å²) >= 11 is 0. The van der Waals surface area contributed by atoms with Crippen LogP contribution in [-0.4, -0.2) is 66.8 Å². The van der Waals surface area contributed by atoms with Crippen LogP contribution < -0.4 is 0 Å². The van der Waals surface area contributed by atoms with Crippen LogP contribution in [0.15, 0.2) is 0 Å². The molecule has 0 saturated heterocycles. The van der Waals surface area contributed by atoms with Crippen LogP contribution in [0.1, 0.15) is 20.3 Å². The van der Waals surface area contributed by atoms with Gasteiger partial charge in [0, 0.05) is 26.7 Å². The van der Waals surface area contributed by atoms with E-state index in [1.165, 1.54) is 9.80 Å². The Labute approximate surface area is 102 Å². The predicted molar refractivity (Wildman–Crippen MR) is 64.0 cm³/mol. The topological polar surface area (TPSA) is 70.1 Å². The SMILES string of the molecule is CCCN(CC(=O)O)C(=O)N(C)CCOCC. The highest BCUT2D eigenvalue weighted by molar-refractivity contribution is 5.80. The lowest BCUT2D eigenvalue weighted by molar-refractivity contribution is -0.137.